The molecule has 8 saturated heterocycles. The van der Waals surface area contributed by atoms with Crippen LogP contribution in [-0.2, 0) is 99.6 Å². The standard InChI is InChI=1S/C96H152O45/c1-16-91(11,123)26-18-20-39(3)78(120)135-73-41(5)128-85(71(118)66(73)113)141-92(12,17-2)27-19-21-43(33-97)79(121)133-55-32-96(88(122)140-87-77(65(112)59(106)48(35-99)131-87)139-84-72(119)75(137-83-70(117)62(109)58(105)47(34-98)129-83)74(42(6)127-84)136-82-68(115)60(107)49(36-100)130-82)45(30-89(55,7)8)44-22-23-52-93(13)28-25-54(90(9,10)51(93)24-29-94(52,14)95(44,15)31-53(96)102)134-81-69(116)63(110)61(108)50(132-81)38-125-86-76(64(111)56(103)40(4)126-86)138-80-67(114)57(104)46(101)37-124-80/h16-17,20-22,40-42,45-77,80-87,97-119,123H,1-2,18-19,23-38H2,3-15H3/b39-20-,43-21-. The molecular weight excluding hydrogens is 1870 g/mol. The van der Waals surface area contributed by atoms with Crippen LogP contribution in [0.1, 0.15) is 167 Å². The lowest BCUT2D eigenvalue weighted by Crippen LogP contribution is -2.70. The van der Waals surface area contributed by atoms with E-state index >= 15 is 9.59 Å². The molecule has 141 heavy (non-hydrogen) atoms. The first-order valence-electron chi connectivity index (χ1n) is 48.9. The number of aliphatic hydroxyl groups is 24. The molecule has 806 valence electrons. The molecule has 0 radical (unpaired) electrons. The Labute approximate surface area is 816 Å². The van der Waals surface area contributed by atoms with E-state index in [1.165, 1.54) is 45.9 Å². The molecule has 5 aliphatic carbocycles. The van der Waals surface area contributed by atoms with Gasteiger partial charge in [0.2, 0.25) is 6.29 Å². The summed E-state index contributed by atoms with van der Waals surface area (Å²) in [7, 11) is 0. The Morgan fingerprint density at radius 1 is 0.468 bits per heavy atom. The summed E-state index contributed by atoms with van der Waals surface area (Å²) in [5.41, 5.74) is -8.52. The van der Waals surface area contributed by atoms with Gasteiger partial charge in [-0.05, 0) is 152 Å². The maximum absolute atomic E-state index is 16.8. The normalized spacial score (nSPS) is 48.8. The van der Waals surface area contributed by atoms with Gasteiger partial charge < -0.3 is 208 Å². The van der Waals surface area contributed by atoms with Crippen LogP contribution in [0.25, 0.3) is 0 Å². The predicted molar refractivity (Wildman–Crippen MR) is 477 cm³/mol. The van der Waals surface area contributed by atoms with Crippen LogP contribution in [0, 0.1) is 50.2 Å². The third kappa shape index (κ3) is 22.0. The highest BCUT2D eigenvalue weighted by Crippen LogP contribution is 2.76. The van der Waals surface area contributed by atoms with Gasteiger partial charge in [-0.25, -0.2) is 9.59 Å². The second kappa shape index (κ2) is 44.6. The van der Waals surface area contributed by atoms with Crippen LogP contribution in [0.15, 0.2) is 60.3 Å². The molecule has 0 aromatic rings. The van der Waals surface area contributed by atoms with Crippen molar-refractivity contribution in [2.24, 2.45) is 50.2 Å². The van der Waals surface area contributed by atoms with Gasteiger partial charge in [0.1, 0.15) is 164 Å². The summed E-state index contributed by atoms with van der Waals surface area (Å²) >= 11 is 0. The van der Waals surface area contributed by atoms with E-state index in [1.807, 2.05) is 20.8 Å². The van der Waals surface area contributed by atoms with Crippen molar-refractivity contribution in [1.29, 1.82) is 0 Å². The summed E-state index contributed by atoms with van der Waals surface area (Å²) < 4.78 is 110. The van der Waals surface area contributed by atoms with Crippen molar-refractivity contribution >= 4 is 17.9 Å². The lowest BCUT2D eigenvalue weighted by Gasteiger charge is -2.72. The number of rotatable bonds is 33. The smallest absolute Gasteiger partial charge is 0.336 e. The average Bonchev–Trinajstić information content (AvgIpc) is 0.785. The van der Waals surface area contributed by atoms with Gasteiger partial charge in [0.15, 0.2) is 56.2 Å². The third-order valence-electron chi connectivity index (χ3n) is 33.5. The van der Waals surface area contributed by atoms with E-state index in [4.69, 9.17) is 85.3 Å². The summed E-state index contributed by atoms with van der Waals surface area (Å²) in [6.45, 7) is 25.7. The van der Waals surface area contributed by atoms with Crippen LogP contribution < -0.4 is 0 Å². The van der Waals surface area contributed by atoms with Crippen molar-refractivity contribution in [3.05, 3.63) is 60.3 Å². The highest BCUT2D eigenvalue weighted by Gasteiger charge is 2.74. The van der Waals surface area contributed by atoms with Crippen LogP contribution in [0.5, 0.6) is 0 Å². The molecule has 50 unspecified atom stereocenters. The first kappa shape index (κ1) is 114. The minimum absolute atomic E-state index is 0.0265. The molecule has 50 atom stereocenters. The van der Waals surface area contributed by atoms with Crippen molar-refractivity contribution in [2.45, 2.75) is 430 Å². The number of aliphatic hydroxyl groups excluding tert-OH is 23. The van der Waals surface area contributed by atoms with Gasteiger partial charge >= 0.3 is 17.9 Å². The molecule has 45 nitrogen and oxygen atoms in total. The minimum Gasteiger partial charge on any atom is -0.458 e. The first-order chi connectivity index (χ1) is 66.0. The van der Waals surface area contributed by atoms with Crippen LogP contribution >= 0.6 is 0 Å². The maximum Gasteiger partial charge on any atom is 0.336 e. The van der Waals surface area contributed by atoms with Crippen LogP contribution in [0.2, 0.25) is 0 Å². The van der Waals surface area contributed by atoms with E-state index in [0.29, 0.717) is 32.1 Å². The Hall–Kier alpha value is -4.45. The van der Waals surface area contributed by atoms with Gasteiger partial charge in [-0.1, -0.05) is 84.4 Å². The molecule has 24 N–H and O–H groups in total. The van der Waals surface area contributed by atoms with E-state index < -0.39 is 365 Å². The van der Waals surface area contributed by atoms with Crippen LogP contribution in [0.4, 0.5) is 0 Å². The van der Waals surface area contributed by atoms with Crippen molar-refractivity contribution in [2.75, 3.05) is 39.6 Å². The van der Waals surface area contributed by atoms with Crippen molar-refractivity contribution in [1.82, 2.24) is 0 Å². The number of hydrogen-bond acceptors (Lipinski definition) is 45. The third-order valence-corrected chi connectivity index (χ3v) is 33.5. The highest BCUT2D eigenvalue weighted by atomic mass is 16.8. The molecule has 8 aliphatic heterocycles. The molecule has 13 rings (SSSR count). The van der Waals surface area contributed by atoms with E-state index in [0.717, 1.165) is 5.57 Å². The van der Waals surface area contributed by atoms with E-state index in [2.05, 4.69) is 33.1 Å². The fourth-order valence-electron chi connectivity index (χ4n) is 24.2. The van der Waals surface area contributed by atoms with Gasteiger partial charge in [-0.15, -0.1) is 13.2 Å². The van der Waals surface area contributed by atoms with Crippen molar-refractivity contribution in [3.8, 4) is 0 Å². The molecule has 8 heterocycles. The Kier molecular flexibility index (Phi) is 36.0. The summed E-state index contributed by atoms with van der Waals surface area (Å²) in [5, 5.41) is 269. The number of carbonyl (C=O) groups excluding carboxylic acids is 3. The topological polar surface area (TPSA) is 703 Å². The number of fused-ring (bicyclic) bond motifs is 7. The Morgan fingerprint density at radius 3 is 1.59 bits per heavy atom. The number of esters is 3. The number of hydrogen-bond donors (Lipinski definition) is 24. The highest BCUT2D eigenvalue weighted by molar-refractivity contribution is 5.89. The minimum atomic E-state index is -2.29. The van der Waals surface area contributed by atoms with Crippen LogP contribution in [-0.4, -0.2) is 443 Å². The molecule has 12 fully saturated rings. The maximum atomic E-state index is 16.8. The van der Waals surface area contributed by atoms with Gasteiger partial charge in [0.05, 0.1) is 86.9 Å². The molecule has 45 heteroatoms. The second-order valence-electron chi connectivity index (χ2n) is 43.4. The van der Waals surface area contributed by atoms with Gasteiger partial charge in [-0.3, -0.25) is 4.79 Å². The van der Waals surface area contributed by atoms with E-state index in [1.54, 1.807) is 33.8 Å². The van der Waals surface area contributed by atoms with Crippen molar-refractivity contribution < 1.29 is 222 Å². The Morgan fingerprint density at radius 2 is 0.972 bits per heavy atom. The first-order valence-corrected chi connectivity index (χ1v) is 48.9. The number of ether oxygens (including phenoxy) is 18. The number of carbonyl (C=O) groups is 3. The molecular formula is C96H152O45. The lowest BCUT2D eigenvalue weighted by molar-refractivity contribution is -0.390. The van der Waals surface area contributed by atoms with E-state index in [-0.39, 0.29) is 61.5 Å². The largest absolute Gasteiger partial charge is 0.458 e. The number of allylic oxidation sites excluding steroid dienone is 4. The van der Waals surface area contributed by atoms with Crippen LogP contribution in [0.3, 0.4) is 0 Å². The quantitative estimate of drug-likeness (QED) is 0.00961. The molecule has 0 spiro atoms. The zero-order valence-corrected chi connectivity index (χ0v) is 81.7. The second-order valence-corrected chi connectivity index (χ2v) is 43.4. The summed E-state index contributed by atoms with van der Waals surface area (Å²) in [4.78, 5) is 45.2. The predicted octanol–water partition coefficient (Wildman–Crippen LogP) is -5.03. The molecule has 0 aromatic carbocycles. The SMILES string of the molecule is C=CC(C)(O)CC/C=C(/C)C(=O)OC1C(C)OC(OC(C)(C=C)CC/C=C(/CO)C(=O)OC2CC3(C(=O)OC4OC(CO)C(O)C(O)C4OC4OC(C)C(OC5OC(CO)C(O)C5O)C(OC5OC(CO)C(O)C(O)C5O)C4O)C(O)CC4(C)C(=CCC5C6(C)CCC(OC7OC(COC8OC(C)C(O)C(O)C8OC8OCC(O)C(O)C8O)C(O)C(O)C7O)C(C)(C)C6CCC54C)C3CC2(C)C)C(O)C1O. The molecule has 0 amide bonds. The van der Waals surface area contributed by atoms with Crippen molar-refractivity contribution in [3.63, 3.8) is 0 Å². The van der Waals surface area contributed by atoms with Gasteiger partial charge in [-0.2, -0.15) is 0 Å². The average molecular weight is 2030 g/mol. The fourth-order valence-corrected chi connectivity index (χ4v) is 24.2. The fraction of sp³-hybridized carbons (Fsp3) is 0.865. The van der Waals surface area contributed by atoms with Gasteiger partial charge in [0.25, 0.3) is 0 Å². The molecule has 13 aliphatic rings. The summed E-state index contributed by atoms with van der Waals surface area (Å²) in [5.74, 6) is -4.57. The monoisotopic (exact) mass is 2020 g/mol. The van der Waals surface area contributed by atoms with E-state index in [9.17, 15) is 127 Å². The molecule has 4 saturated carbocycles. The molecule has 0 bridgehead atoms. The summed E-state index contributed by atoms with van der Waals surface area (Å²) in [6.07, 6.45) is -61.2. The zero-order chi connectivity index (χ0) is 104. The Balaban J connectivity index is 0.777. The zero-order valence-electron chi connectivity index (χ0n) is 81.7. The lowest BCUT2D eigenvalue weighted by atomic mass is 9.33. The molecule has 0 aromatic heterocycles. The summed E-state index contributed by atoms with van der Waals surface area (Å²) in [6, 6.07) is 0. The van der Waals surface area contributed by atoms with Gasteiger partial charge in [0, 0.05) is 17.4 Å². The Bertz CT molecular complexity index is 4330.